The van der Waals surface area contributed by atoms with Gasteiger partial charge in [0.1, 0.15) is 8.50 Å². The summed E-state index contributed by atoms with van der Waals surface area (Å²) in [5.74, 6) is 0. The normalized spacial score (nSPS) is 11.2. The summed E-state index contributed by atoms with van der Waals surface area (Å²) in [6, 6.07) is 0. The molecule has 0 aromatic heterocycles. The molecule has 0 spiro atoms. The van der Waals surface area contributed by atoms with Gasteiger partial charge in [0.05, 0.1) is 0 Å². The van der Waals surface area contributed by atoms with E-state index in [0.29, 0.717) is 0 Å². The fraction of sp³-hybridized carbons (Fsp3) is 0. The topological polar surface area (TPSA) is 37.3 Å². The molecule has 0 aliphatic rings. The van der Waals surface area contributed by atoms with Crippen molar-refractivity contribution >= 4 is 16.6 Å². The lowest BCUT2D eigenvalue weighted by molar-refractivity contribution is 0.600. The van der Waals surface area contributed by atoms with Crippen LogP contribution in [0.1, 0.15) is 0 Å². The van der Waals surface area contributed by atoms with Crippen molar-refractivity contribution in [1.29, 1.82) is 0 Å². The summed E-state index contributed by atoms with van der Waals surface area (Å²) in [4.78, 5) is 7.58. The standard InChI is InChI=1S/H2O2P2/c1-3-4-2/h1,3H. The van der Waals surface area contributed by atoms with Gasteiger partial charge < -0.3 is 4.89 Å². The van der Waals surface area contributed by atoms with E-state index in [1.807, 2.05) is 0 Å². The minimum absolute atomic E-state index is 0.168. The van der Waals surface area contributed by atoms with Gasteiger partial charge >= 0.3 is 0 Å². The molecule has 0 saturated carbocycles. The lowest BCUT2D eigenvalue weighted by Crippen LogP contribution is -1.09. The molecule has 0 aliphatic carbocycles. The van der Waals surface area contributed by atoms with Crippen molar-refractivity contribution in [2.45, 2.75) is 0 Å². The van der Waals surface area contributed by atoms with E-state index in [1.54, 1.807) is 0 Å². The van der Waals surface area contributed by atoms with E-state index >= 15 is 0 Å². The molecule has 1 N–H and O–H groups in total. The average molecular weight is 96.0 g/mol. The molecular formula is H2O2P2. The first kappa shape index (κ1) is 4.49. The summed E-state index contributed by atoms with van der Waals surface area (Å²) in [5, 5.41) is 0. The summed E-state index contributed by atoms with van der Waals surface area (Å²) >= 11 is 0. The molecule has 0 amide bonds. The van der Waals surface area contributed by atoms with Crippen molar-refractivity contribution in [3.63, 3.8) is 0 Å². The molecule has 0 fully saturated rings. The number of hydrogen-bond acceptors (Lipinski definition) is 2. The third kappa shape index (κ3) is 2.49. The van der Waals surface area contributed by atoms with Crippen molar-refractivity contribution < 1.29 is 9.46 Å². The summed E-state index contributed by atoms with van der Waals surface area (Å²) in [6.07, 6.45) is 0. The summed E-state index contributed by atoms with van der Waals surface area (Å²) in [7, 11) is -0.611. The largest absolute Gasteiger partial charge is 0.365 e. The summed E-state index contributed by atoms with van der Waals surface area (Å²) in [5.41, 5.74) is 0. The highest BCUT2D eigenvalue weighted by atomic mass is 32.0. The van der Waals surface area contributed by atoms with Crippen LogP contribution in [0.25, 0.3) is 0 Å². The molecule has 0 bridgehead atoms. The molecule has 1 unspecified atom stereocenters. The van der Waals surface area contributed by atoms with Gasteiger partial charge in [-0.25, -0.2) is 0 Å². The molecule has 0 heterocycles. The van der Waals surface area contributed by atoms with Crippen LogP contribution in [0.15, 0.2) is 0 Å². The predicted octanol–water partition coefficient (Wildman–Crippen LogP) is 0.779. The second-order valence-electron chi connectivity index (χ2n) is 0.191. The van der Waals surface area contributed by atoms with Gasteiger partial charge in [-0.1, -0.05) is 0 Å². The third-order valence-corrected chi connectivity index (χ3v) is 0.367. The lowest BCUT2D eigenvalue weighted by Gasteiger charge is -1.52. The Balaban J connectivity index is 2.30. The Kier molecular flexibility index (Phi) is 3.92. The van der Waals surface area contributed by atoms with Crippen LogP contribution in [-0.2, 0) is 4.57 Å². The van der Waals surface area contributed by atoms with Crippen LogP contribution >= 0.6 is 16.6 Å². The Hall–Kier alpha value is 0.490. The van der Waals surface area contributed by atoms with Crippen molar-refractivity contribution in [3.8, 4) is 0 Å². The van der Waals surface area contributed by atoms with Crippen LogP contribution in [-0.4, -0.2) is 4.89 Å². The molecule has 0 aromatic rings. The summed E-state index contributed by atoms with van der Waals surface area (Å²) < 4.78 is 9.03. The Morgan fingerprint density at radius 1 is 2.00 bits per heavy atom. The van der Waals surface area contributed by atoms with Gasteiger partial charge in [0.2, 0.25) is 8.15 Å². The van der Waals surface area contributed by atoms with Crippen LogP contribution in [0, 0.1) is 0 Å². The molecule has 4 heteroatoms. The molecule has 2 nitrogen and oxygen atoms in total. The molecule has 4 heavy (non-hydrogen) atoms. The van der Waals surface area contributed by atoms with E-state index in [-0.39, 0.29) is 8.15 Å². The first-order valence-electron chi connectivity index (χ1n) is 0.630. The Labute approximate surface area is 27.2 Å². The van der Waals surface area contributed by atoms with Crippen LogP contribution in [0.5, 0.6) is 0 Å². The molecule has 0 aliphatic heterocycles. The van der Waals surface area contributed by atoms with Gasteiger partial charge in [-0.05, 0) is 0 Å². The maximum atomic E-state index is 9.03. The molecule has 1 atom stereocenters. The van der Waals surface area contributed by atoms with Gasteiger partial charge in [0.15, 0.2) is 0 Å². The average Bonchev–Trinajstić information content (AvgIpc) is 1.37. The minimum Gasteiger partial charge on any atom is -0.365 e. The van der Waals surface area contributed by atoms with E-state index in [9.17, 15) is 0 Å². The van der Waals surface area contributed by atoms with E-state index in [2.05, 4.69) is 0 Å². The number of rotatable bonds is 1. The fourth-order valence-electron chi connectivity index (χ4n) is 0. The first-order chi connectivity index (χ1) is 1.91. The van der Waals surface area contributed by atoms with Crippen molar-refractivity contribution in [1.82, 2.24) is 0 Å². The molecular weight excluding hydrogens is 93.9 g/mol. The first-order valence-corrected chi connectivity index (χ1v) is 3.23. The van der Waals surface area contributed by atoms with E-state index in [0.717, 1.165) is 0 Å². The Morgan fingerprint density at radius 3 is 2.25 bits per heavy atom. The zero-order valence-electron chi connectivity index (χ0n) is 1.80. The zero-order valence-corrected chi connectivity index (χ0v) is 3.70. The molecule has 0 rings (SSSR count). The zero-order chi connectivity index (χ0) is 3.41. The second-order valence-corrected chi connectivity index (χ2v) is 1.72. The molecule has 0 aromatic carbocycles. The van der Waals surface area contributed by atoms with Crippen molar-refractivity contribution in [2.75, 3.05) is 0 Å². The van der Waals surface area contributed by atoms with Gasteiger partial charge in [0.25, 0.3) is 0 Å². The van der Waals surface area contributed by atoms with Crippen molar-refractivity contribution in [2.24, 2.45) is 0 Å². The number of hydrogen-bond donors (Lipinski definition) is 1. The Morgan fingerprint density at radius 2 is 2.25 bits per heavy atom. The molecule has 0 saturated heterocycles. The highest BCUT2D eigenvalue weighted by molar-refractivity contribution is 8.02. The maximum Gasteiger partial charge on any atom is 0.207 e. The highest BCUT2D eigenvalue weighted by Gasteiger charge is 1.56. The van der Waals surface area contributed by atoms with Crippen LogP contribution < -0.4 is 0 Å². The van der Waals surface area contributed by atoms with E-state index in [1.165, 1.54) is 0 Å². The van der Waals surface area contributed by atoms with Gasteiger partial charge in [-0.2, -0.15) is 0 Å². The van der Waals surface area contributed by atoms with Crippen molar-refractivity contribution in [3.05, 3.63) is 0 Å². The quantitative estimate of drug-likeness (QED) is 0.489. The maximum absolute atomic E-state index is 9.03. The monoisotopic (exact) mass is 96.0 g/mol. The van der Waals surface area contributed by atoms with E-state index < -0.39 is 8.50 Å². The summed E-state index contributed by atoms with van der Waals surface area (Å²) in [6.45, 7) is 0. The van der Waals surface area contributed by atoms with Gasteiger partial charge in [-0.3, -0.25) is 4.57 Å². The second kappa shape index (κ2) is 3.49. The van der Waals surface area contributed by atoms with Gasteiger partial charge in [-0.15, -0.1) is 0 Å². The third-order valence-electron chi connectivity index (χ3n) is 0.0408. The minimum atomic E-state index is -0.443. The van der Waals surface area contributed by atoms with Crippen LogP contribution in [0.2, 0.25) is 0 Å². The SMILES string of the molecule is O=PPO. The van der Waals surface area contributed by atoms with Gasteiger partial charge in [0, 0.05) is 0 Å². The molecule has 24 valence electrons. The highest BCUT2D eigenvalue weighted by Crippen LogP contribution is 2.18. The fourth-order valence-corrected chi connectivity index (χ4v) is 0. The molecule has 0 radical (unpaired) electrons. The predicted molar refractivity (Wildman–Crippen MR) is 18.1 cm³/mol. The lowest BCUT2D eigenvalue weighted by atomic mass is 15.9. The van der Waals surface area contributed by atoms with E-state index in [4.69, 9.17) is 9.46 Å². The smallest absolute Gasteiger partial charge is 0.207 e. The van der Waals surface area contributed by atoms with Crippen LogP contribution in [0.3, 0.4) is 0 Å². The Bertz CT molecular complexity index is 18.0. The van der Waals surface area contributed by atoms with Crippen LogP contribution in [0.4, 0.5) is 0 Å².